The molecule has 0 radical (unpaired) electrons. The predicted molar refractivity (Wildman–Crippen MR) is 128 cm³/mol. The summed E-state index contributed by atoms with van der Waals surface area (Å²) in [5.41, 5.74) is 2.21. The molecule has 1 saturated heterocycles. The fraction of sp³-hybridized carbons (Fsp3) is 0.333. The molecule has 0 aliphatic carbocycles. The van der Waals surface area contributed by atoms with Gasteiger partial charge in [-0.25, -0.2) is 28.7 Å². The Morgan fingerprint density at radius 1 is 1.00 bits per heavy atom. The van der Waals surface area contributed by atoms with Crippen molar-refractivity contribution in [1.82, 2.24) is 29.8 Å². The van der Waals surface area contributed by atoms with E-state index in [1.165, 1.54) is 6.07 Å². The second kappa shape index (κ2) is 8.94. The van der Waals surface area contributed by atoms with Gasteiger partial charge in [0.2, 0.25) is 5.95 Å². The van der Waals surface area contributed by atoms with Gasteiger partial charge in [0.15, 0.2) is 11.6 Å². The van der Waals surface area contributed by atoms with Crippen LogP contribution in [-0.4, -0.2) is 50.7 Å². The third kappa shape index (κ3) is 4.16. The molecular weight excluding hydrogens is 438 g/mol. The first-order valence-corrected chi connectivity index (χ1v) is 11.3. The minimum Gasteiger partial charge on any atom is -0.368 e. The maximum atomic E-state index is 14.9. The van der Waals surface area contributed by atoms with Crippen molar-refractivity contribution in [3.8, 4) is 11.3 Å². The summed E-state index contributed by atoms with van der Waals surface area (Å²) >= 11 is 0. The molecule has 8 nitrogen and oxygen atoms in total. The number of piperazine rings is 1. The average molecular weight is 465 g/mol. The average Bonchev–Trinajstić information content (AvgIpc) is 3.18. The first-order valence-electron chi connectivity index (χ1n) is 11.3. The zero-order valence-electron chi connectivity index (χ0n) is 19.3. The fourth-order valence-electron chi connectivity index (χ4n) is 4.37. The highest BCUT2D eigenvalue weighted by molar-refractivity contribution is 5.83. The van der Waals surface area contributed by atoms with E-state index in [2.05, 4.69) is 35.5 Å². The van der Waals surface area contributed by atoms with Crippen molar-refractivity contribution in [3.05, 3.63) is 54.1 Å². The van der Waals surface area contributed by atoms with E-state index in [1.54, 1.807) is 12.3 Å². The van der Waals surface area contributed by atoms with E-state index in [0.29, 0.717) is 22.7 Å². The van der Waals surface area contributed by atoms with Crippen LogP contribution >= 0.6 is 0 Å². The van der Waals surface area contributed by atoms with Crippen LogP contribution in [0.4, 0.5) is 26.2 Å². The maximum Gasteiger partial charge on any atom is 0.229 e. The highest BCUT2D eigenvalue weighted by Crippen LogP contribution is 2.30. The largest absolute Gasteiger partial charge is 0.368 e. The topological polar surface area (TPSA) is 83.8 Å². The Labute approximate surface area is 196 Å². The van der Waals surface area contributed by atoms with Crippen molar-refractivity contribution >= 4 is 28.5 Å². The number of nitrogens with one attached hydrogen (secondary N) is 2. The third-order valence-electron chi connectivity index (χ3n) is 5.93. The Balaban J connectivity index is 1.45. The number of fused-ring (bicyclic) bond motifs is 1. The van der Waals surface area contributed by atoms with Gasteiger partial charge >= 0.3 is 0 Å². The normalized spacial score (nSPS) is 14.2. The molecule has 0 unspecified atom stereocenters. The van der Waals surface area contributed by atoms with Gasteiger partial charge in [-0.05, 0) is 45.0 Å². The Kier molecular flexibility index (Phi) is 5.82. The number of pyridine rings is 1. The molecule has 0 bridgehead atoms. The molecule has 1 aliphatic rings. The lowest BCUT2D eigenvalue weighted by Crippen LogP contribution is -2.43. The number of halogens is 2. The summed E-state index contributed by atoms with van der Waals surface area (Å²) in [5, 5.41) is 6.34. The van der Waals surface area contributed by atoms with Crippen LogP contribution in [0, 0.1) is 18.6 Å². The number of benzene rings is 1. The number of nitrogens with zero attached hydrogens (tertiary/aromatic N) is 6. The Morgan fingerprint density at radius 3 is 2.50 bits per heavy atom. The predicted octanol–water partition coefficient (Wildman–Crippen LogP) is 4.21. The smallest absolute Gasteiger partial charge is 0.229 e. The molecule has 0 spiro atoms. The van der Waals surface area contributed by atoms with Crippen LogP contribution in [-0.2, 0) is 0 Å². The lowest BCUT2D eigenvalue weighted by atomic mass is 10.1. The van der Waals surface area contributed by atoms with Crippen LogP contribution in [0.25, 0.3) is 22.3 Å². The van der Waals surface area contributed by atoms with Crippen molar-refractivity contribution in [2.24, 2.45) is 0 Å². The number of aromatic nitrogens is 5. The SMILES string of the molecule is Cc1nc2c(F)cc(-c3nc(Nc4ccc(N5CCNCC5)cn4)ncc3F)cc2n1C(C)C. The lowest BCUT2D eigenvalue weighted by Gasteiger charge is -2.29. The van der Waals surface area contributed by atoms with Gasteiger partial charge in [0.25, 0.3) is 0 Å². The highest BCUT2D eigenvalue weighted by Gasteiger charge is 2.18. The van der Waals surface area contributed by atoms with Gasteiger partial charge in [-0.15, -0.1) is 0 Å². The summed E-state index contributed by atoms with van der Waals surface area (Å²) in [6.45, 7) is 9.54. The van der Waals surface area contributed by atoms with E-state index in [4.69, 9.17) is 0 Å². The standard InChI is InChI=1S/C24H26F2N8/c1-14(2)34-15(3)30-23-18(25)10-16(11-20(23)34)22-19(26)13-29-24(32-22)31-21-5-4-17(12-28-21)33-8-6-27-7-9-33/h4-5,10-14,27H,6-9H2,1-3H3,(H,28,29,31,32). The van der Waals surface area contributed by atoms with Gasteiger partial charge in [0, 0.05) is 37.8 Å². The summed E-state index contributed by atoms with van der Waals surface area (Å²) in [7, 11) is 0. The van der Waals surface area contributed by atoms with Crippen molar-refractivity contribution < 1.29 is 8.78 Å². The second-order valence-corrected chi connectivity index (χ2v) is 8.60. The quantitative estimate of drug-likeness (QED) is 0.458. The number of aryl methyl sites for hydroxylation is 1. The number of rotatable bonds is 5. The van der Waals surface area contributed by atoms with Crippen LogP contribution in [0.1, 0.15) is 25.7 Å². The molecule has 1 fully saturated rings. The molecule has 1 aromatic carbocycles. The second-order valence-electron chi connectivity index (χ2n) is 8.60. The van der Waals surface area contributed by atoms with Gasteiger partial charge < -0.3 is 20.1 Å². The summed E-state index contributed by atoms with van der Waals surface area (Å²) in [6, 6.07) is 6.86. The summed E-state index contributed by atoms with van der Waals surface area (Å²) in [5.74, 6) is 0.243. The zero-order valence-corrected chi connectivity index (χ0v) is 19.3. The number of hydrogen-bond donors (Lipinski definition) is 2. The highest BCUT2D eigenvalue weighted by atomic mass is 19.1. The molecule has 176 valence electrons. The Morgan fingerprint density at radius 2 is 1.79 bits per heavy atom. The molecule has 0 saturated carbocycles. The van der Waals surface area contributed by atoms with E-state index in [-0.39, 0.29) is 23.2 Å². The van der Waals surface area contributed by atoms with E-state index < -0.39 is 11.6 Å². The molecule has 1 aliphatic heterocycles. The lowest BCUT2D eigenvalue weighted by molar-refractivity contribution is 0.589. The van der Waals surface area contributed by atoms with Gasteiger partial charge in [-0.1, -0.05) is 0 Å². The number of anilines is 3. The van der Waals surface area contributed by atoms with E-state index in [1.807, 2.05) is 37.5 Å². The van der Waals surface area contributed by atoms with Gasteiger partial charge in [0.1, 0.15) is 22.9 Å². The first kappa shape index (κ1) is 22.1. The molecule has 2 N–H and O–H groups in total. The van der Waals surface area contributed by atoms with Gasteiger partial charge in [-0.3, -0.25) is 0 Å². The van der Waals surface area contributed by atoms with Crippen molar-refractivity contribution in [2.45, 2.75) is 26.8 Å². The monoisotopic (exact) mass is 464 g/mol. The maximum absolute atomic E-state index is 14.9. The molecule has 4 aromatic rings. The van der Waals surface area contributed by atoms with Crippen molar-refractivity contribution in [2.75, 3.05) is 36.4 Å². The molecule has 34 heavy (non-hydrogen) atoms. The molecular formula is C24H26F2N8. The van der Waals surface area contributed by atoms with Crippen LogP contribution in [0.3, 0.4) is 0 Å². The van der Waals surface area contributed by atoms with Crippen LogP contribution in [0.15, 0.2) is 36.7 Å². The minimum atomic E-state index is -0.640. The summed E-state index contributed by atoms with van der Waals surface area (Å²) in [4.78, 5) is 19.4. The molecule has 0 amide bonds. The number of hydrogen-bond acceptors (Lipinski definition) is 7. The molecule has 0 atom stereocenters. The van der Waals surface area contributed by atoms with Crippen molar-refractivity contribution in [3.63, 3.8) is 0 Å². The van der Waals surface area contributed by atoms with E-state index >= 15 is 0 Å². The molecule has 4 heterocycles. The first-order chi connectivity index (χ1) is 16.4. The fourth-order valence-corrected chi connectivity index (χ4v) is 4.37. The zero-order chi connectivity index (χ0) is 23.8. The summed E-state index contributed by atoms with van der Waals surface area (Å²) < 4.78 is 31.5. The summed E-state index contributed by atoms with van der Waals surface area (Å²) in [6.07, 6.45) is 2.86. The Bertz CT molecular complexity index is 1330. The van der Waals surface area contributed by atoms with Crippen LogP contribution < -0.4 is 15.5 Å². The number of imidazole rings is 1. The minimum absolute atomic E-state index is 0.00453. The van der Waals surface area contributed by atoms with Crippen LogP contribution in [0.5, 0.6) is 0 Å². The molecule has 3 aromatic heterocycles. The third-order valence-corrected chi connectivity index (χ3v) is 5.93. The van der Waals surface area contributed by atoms with E-state index in [0.717, 1.165) is 38.1 Å². The molecule has 10 heteroatoms. The van der Waals surface area contributed by atoms with Crippen molar-refractivity contribution in [1.29, 1.82) is 0 Å². The molecule has 5 rings (SSSR count). The van der Waals surface area contributed by atoms with Crippen LogP contribution in [0.2, 0.25) is 0 Å². The van der Waals surface area contributed by atoms with E-state index in [9.17, 15) is 8.78 Å². The Hall–Kier alpha value is -3.66. The van der Waals surface area contributed by atoms with Gasteiger partial charge in [-0.2, -0.15) is 0 Å². The van der Waals surface area contributed by atoms with Gasteiger partial charge in [0.05, 0.1) is 23.6 Å².